The van der Waals surface area contributed by atoms with Crippen LogP contribution in [-0.2, 0) is 7.05 Å². The van der Waals surface area contributed by atoms with Gasteiger partial charge in [-0.15, -0.1) is 0 Å². The summed E-state index contributed by atoms with van der Waals surface area (Å²) in [5, 5.41) is 12.7. The van der Waals surface area contributed by atoms with Gasteiger partial charge in [-0.05, 0) is 17.7 Å². The Morgan fingerprint density at radius 3 is 2.43 bits per heavy atom. The molecule has 2 N–H and O–H groups in total. The van der Waals surface area contributed by atoms with Gasteiger partial charge in [-0.1, -0.05) is 12.1 Å². The zero-order chi connectivity index (χ0) is 9.97. The van der Waals surface area contributed by atoms with Gasteiger partial charge in [-0.25, -0.2) is 0 Å². The maximum absolute atomic E-state index is 8.64. The molecule has 0 fully saturated rings. The first-order valence-corrected chi connectivity index (χ1v) is 4.29. The Bertz CT molecular complexity index is 419. The van der Waals surface area contributed by atoms with Gasteiger partial charge in [-0.3, -0.25) is 15.4 Å². The molecule has 1 aromatic carbocycles. The van der Waals surface area contributed by atoms with Crippen molar-refractivity contribution in [3.63, 3.8) is 0 Å². The molecule has 4 nitrogen and oxygen atoms in total. The molecule has 0 atom stereocenters. The van der Waals surface area contributed by atoms with Crippen molar-refractivity contribution in [3.05, 3.63) is 36.7 Å². The predicted molar refractivity (Wildman–Crippen MR) is 54.1 cm³/mol. The van der Waals surface area contributed by atoms with Crippen molar-refractivity contribution in [2.75, 3.05) is 5.48 Å². The molecule has 0 aliphatic rings. The third-order valence-corrected chi connectivity index (χ3v) is 2.05. The Hall–Kier alpha value is -1.81. The zero-order valence-corrected chi connectivity index (χ0v) is 7.81. The van der Waals surface area contributed by atoms with Crippen LogP contribution in [-0.4, -0.2) is 15.0 Å². The Morgan fingerprint density at radius 1 is 1.21 bits per heavy atom. The van der Waals surface area contributed by atoms with E-state index < -0.39 is 0 Å². The highest BCUT2D eigenvalue weighted by Crippen LogP contribution is 2.19. The molecule has 0 amide bonds. The zero-order valence-electron chi connectivity index (χ0n) is 7.81. The van der Waals surface area contributed by atoms with Gasteiger partial charge in [0.2, 0.25) is 0 Å². The number of aryl methyl sites for hydroxylation is 1. The van der Waals surface area contributed by atoms with E-state index in [2.05, 4.69) is 10.6 Å². The quantitative estimate of drug-likeness (QED) is 0.709. The van der Waals surface area contributed by atoms with Crippen LogP contribution in [0, 0.1) is 0 Å². The average Bonchev–Trinajstić information content (AvgIpc) is 2.65. The van der Waals surface area contributed by atoms with Gasteiger partial charge in [0.1, 0.15) is 0 Å². The van der Waals surface area contributed by atoms with Gasteiger partial charge in [0.15, 0.2) is 0 Å². The predicted octanol–water partition coefficient (Wildman–Crippen LogP) is 1.89. The van der Waals surface area contributed by atoms with Crippen molar-refractivity contribution in [2.24, 2.45) is 7.05 Å². The largest absolute Gasteiger partial charge is 0.291 e. The van der Waals surface area contributed by atoms with Gasteiger partial charge in [0.25, 0.3) is 0 Å². The SMILES string of the molecule is Cn1cc(-c2ccc(NO)cc2)cn1. The lowest BCUT2D eigenvalue weighted by atomic mass is 10.1. The molecular weight excluding hydrogens is 178 g/mol. The van der Waals surface area contributed by atoms with E-state index in [4.69, 9.17) is 5.21 Å². The van der Waals surface area contributed by atoms with E-state index in [1.807, 2.05) is 37.5 Å². The molecule has 72 valence electrons. The van der Waals surface area contributed by atoms with Crippen LogP contribution in [0.5, 0.6) is 0 Å². The lowest BCUT2D eigenvalue weighted by Gasteiger charge is -1.99. The molecule has 1 aromatic heterocycles. The van der Waals surface area contributed by atoms with Crippen molar-refractivity contribution in [1.82, 2.24) is 9.78 Å². The summed E-state index contributed by atoms with van der Waals surface area (Å²) >= 11 is 0. The maximum atomic E-state index is 8.64. The fourth-order valence-corrected chi connectivity index (χ4v) is 1.31. The Kier molecular flexibility index (Phi) is 2.20. The minimum absolute atomic E-state index is 0.678. The fourth-order valence-electron chi connectivity index (χ4n) is 1.31. The summed E-state index contributed by atoms with van der Waals surface area (Å²) in [7, 11) is 1.88. The highest BCUT2D eigenvalue weighted by atomic mass is 16.5. The van der Waals surface area contributed by atoms with E-state index in [1.165, 1.54) is 0 Å². The third kappa shape index (κ3) is 1.60. The minimum atomic E-state index is 0.678. The fraction of sp³-hybridized carbons (Fsp3) is 0.100. The van der Waals surface area contributed by atoms with Gasteiger partial charge in [0.05, 0.1) is 11.9 Å². The number of rotatable bonds is 2. The first-order chi connectivity index (χ1) is 6.79. The maximum Gasteiger partial charge on any atom is 0.0602 e. The molecule has 0 unspecified atom stereocenters. The van der Waals surface area contributed by atoms with E-state index in [-0.39, 0.29) is 0 Å². The standard InChI is InChI=1S/C10H11N3O/c1-13-7-9(6-11-13)8-2-4-10(12-14)5-3-8/h2-7,12,14H,1H3. The summed E-state index contributed by atoms with van der Waals surface area (Å²) in [6.07, 6.45) is 3.75. The number of nitrogens with one attached hydrogen (secondary N) is 1. The second kappa shape index (κ2) is 3.51. The third-order valence-electron chi connectivity index (χ3n) is 2.05. The molecule has 1 heterocycles. The average molecular weight is 189 g/mol. The summed E-state index contributed by atoms with van der Waals surface area (Å²) in [5.74, 6) is 0. The summed E-state index contributed by atoms with van der Waals surface area (Å²) in [4.78, 5) is 0. The van der Waals surface area contributed by atoms with Gasteiger partial charge in [0, 0.05) is 18.8 Å². The number of anilines is 1. The van der Waals surface area contributed by atoms with Crippen LogP contribution in [0.2, 0.25) is 0 Å². The number of hydrogen-bond acceptors (Lipinski definition) is 3. The van der Waals surface area contributed by atoms with E-state index >= 15 is 0 Å². The summed E-state index contributed by atoms with van der Waals surface area (Å²) in [6.45, 7) is 0. The van der Waals surface area contributed by atoms with Crippen LogP contribution >= 0.6 is 0 Å². The second-order valence-corrected chi connectivity index (χ2v) is 3.09. The molecule has 0 saturated carbocycles. The Morgan fingerprint density at radius 2 is 1.93 bits per heavy atom. The topological polar surface area (TPSA) is 50.1 Å². The molecule has 0 aliphatic heterocycles. The van der Waals surface area contributed by atoms with E-state index in [0.717, 1.165) is 11.1 Å². The van der Waals surface area contributed by atoms with Crippen LogP contribution in [0.25, 0.3) is 11.1 Å². The molecule has 0 radical (unpaired) electrons. The minimum Gasteiger partial charge on any atom is -0.291 e. The van der Waals surface area contributed by atoms with Crippen LogP contribution in [0.15, 0.2) is 36.7 Å². The molecule has 0 saturated heterocycles. The van der Waals surface area contributed by atoms with Crippen LogP contribution in [0.3, 0.4) is 0 Å². The lowest BCUT2D eigenvalue weighted by Crippen LogP contribution is -1.87. The van der Waals surface area contributed by atoms with Crippen LogP contribution in [0.1, 0.15) is 0 Å². The Labute approximate surface area is 81.8 Å². The van der Waals surface area contributed by atoms with Crippen LogP contribution < -0.4 is 5.48 Å². The number of hydrogen-bond donors (Lipinski definition) is 2. The molecule has 2 aromatic rings. The highest BCUT2D eigenvalue weighted by molar-refractivity contribution is 5.64. The van der Waals surface area contributed by atoms with Crippen LogP contribution in [0.4, 0.5) is 5.69 Å². The highest BCUT2D eigenvalue weighted by Gasteiger charge is 1.99. The summed E-state index contributed by atoms with van der Waals surface area (Å²) in [6, 6.07) is 7.47. The summed E-state index contributed by atoms with van der Waals surface area (Å²) in [5.41, 5.74) is 4.92. The number of nitrogens with zero attached hydrogens (tertiary/aromatic N) is 2. The smallest absolute Gasteiger partial charge is 0.0602 e. The molecule has 2 rings (SSSR count). The normalized spacial score (nSPS) is 10.1. The number of aromatic nitrogens is 2. The van der Waals surface area contributed by atoms with E-state index in [9.17, 15) is 0 Å². The first kappa shape index (κ1) is 8.77. The van der Waals surface area contributed by atoms with E-state index in [1.54, 1.807) is 10.9 Å². The molecule has 0 aliphatic carbocycles. The van der Waals surface area contributed by atoms with Crippen molar-refractivity contribution in [2.45, 2.75) is 0 Å². The Balaban J connectivity index is 2.33. The van der Waals surface area contributed by atoms with Crippen molar-refractivity contribution in [1.29, 1.82) is 0 Å². The second-order valence-electron chi connectivity index (χ2n) is 3.09. The molecule has 14 heavy (non-hydrogen) atoms. The first-order valence-electron chi connectivity index (χ1n) is 4.29. The van der Waals surface area contributed by atoms with Gasteiger partial charge < -0.3 is 0 Å². The van der Waals surface area contributed by atoms with Gasteiger partial charge in [-0.2, -0.15) is 5.10 Å². The lowest BCUT2D eigenvalue weighted by molar-refractivity contribution is 0.389. The number of benzene rings is 1. The summed E-state index contributed by atoms with van der Waals surface area (Å²) < 4.78 is 1.76. The molecule has 0 spiro atoms. The molecule has 0 bridgehead atoms. The van der Waals surface area contributed by atoms with Gasteiger partial charge >= 0.3 is 0 Å². The van der Waals surface area contributed by atoms with Crippen molar-refractivity contribution < 1.29 is 5.21 Å². The van der Waals surface area contributed by atoms with E-state index in [0.29, 0.717) is 5.69 Å². The molecular formula is C10H11N3O. The monoisotopic (exact) mass is 189 g/mol. The molecule has 4 heteroatoms. The van der Waals surface area contributed by atoms with Crippen molar-refractivity contribution >= 4 is 5.69 Å². The van der Waals surface area contributed by atoms with Crippen molar-refractivity contribution in [3.8, 4) is 11.1 Å².